The molecule has 44 heavy (non-hydrogen) atoms. The Kier molecular flexibility index (Phi) is 28.4. The minimum absolute atomic E-state index is 0.212. The van der Waals surface area contributed by atoms with Crippen LogP contribution in [0.4, 0.5) is 0 Å². The summed E-state index contributed by atoms with van der Waals surface area (Å²) in [5.74, 6) is -3.09. The van der Waals surface area contributed by atoms with E-state index in [1.165, 1.54) is 13.8 Å². The van der Waals surface area contributed by atoms with Crippen LogP contribution in [0.1, 0.15) is 102 Å². The second kappa shape index (κ2) is 24.5. The Hall–Kier alpha value is -2.76. The Bertz CT molecular complexity index is 1080. The molecule has 0 saturated carbocycles. The van der Waals surface area contributed by atoms with Gasteiger partial charge in [-0.15, -0.1) is 0 Å². The highest BCUT2D eigenvalue weighted by molar-refractivity contribution is 7.86. The zero-order chi connectivity index (χ0) is 36.7. The maximum Gasteiger partial charge on any atom is 0.305 e. The zero-order valence-electron chi connectivity index (χ0n) is 27.9. The number of aliphatic carboxylic acids is 2. The summed E-state index contributed by atoms with van der Waals surface area (Å²) in [6.45, 7) is 21.4. The second-order valence-corrected chi connectivity index (χ2v) is 14.2. The highest BCUT2D eigenvalue weighted by Crippen LogP contribution is 2.07. The Labute approximate surface area is 263 Å². The molecule has 0 radical (unpaired) electrons. The topological polar surface area (TPSA) is 262 Å². The molecule has 0 heterocycles. The number of carboxylic acid groups (broad SMARTS) is 2. The fourth-order valence-electron chi connectivity index (χ4n) is 2.22. The number of allylic oxidation sites excluding steroid dienone is 1. The predicted molar refractivity (Wildman–Crippen MR) is 169 cm³/mol. The molecule has 0 unspecified atom stereocenters. The fourth-order valence-corrected chi connectivity index (χ4v) is 4.18. The number of hydrogen-bond donors (Lipinski definition) is 7. The summed E-state index contributed by atoms with van der Waals surface area (Å²) in [7, 11) is -8.12. The second-order valence-electron chi connectivity index (χ2n) is 11.3. The third kappa shape index (κ3) is 48.9. The first-order valence-corrected chi connectivity index (χ1v) is 16.9. The number of aliphatic hydroxyl groups is 1. The van der Waals surface area contributed by atoms with Gasteiger partial charge in [0.2, 0.25) is 11.8 Å². The average Bonchev–Trinajstić information content (AvgIpc) is 2.76. The van der Waals surface area contributed by atoms with Gasteiger partial charge in [-0.05, 0) is 34.1 Å². The van der Waals surface area contributed by atoms with Gasteiger partial charge in [0.05, 0.1) is 34.3 Å². The molecule has 0 fully saturated rings. The van der Waals surface area contributed by atoms with Crippen LogP contribution in [-0.4, -0.2) is 87.6 Å². The lowest BCUT2D eigenvalue weighted by molar-refractivity contribution is -0.140. The highest BCUT2D eigenvalue weighted by atomic mass is 32.2. The molecule has 264 valence electrons. The van der Waals surface area contributed by atoms with Gasteiger partial charge in [0, 0.05) is 25.2 Å². The number of carbonyl (C=O) groups excluding carboxylic acids is 2. The Morgan fingerprint density at radius 3 is 1.18 bits per heavy atom. The molecule has 17 heteroatoms. The van der Waals surface area contributed by atoms with Crippen LogP contribution in [0.25, 0.3) is 0 Å². The lowest BCUT2D eigenvalue weighted by Crippen LogP contribution is -2.49. The first-order valence-electron chi connectivity index (χ1n) is 13.7. The first kappa shape index (κ1) is 50.8. The van der Waals surface area contributed by atoms with Crippen LogP contribution in [0, 0.1) is 11.8 Å². The van der Waals surface area contributed by atoms with Crippen molar-refractivity contribution < 1.29 is 60.4 Å². The quantitative estimate of drug-likeness (QED) is 0.115. The molecule has 0 atom stereocenters. The number of carboxylic acids is 2. The van der Waals surface area contributed by atoms with Crippen LogP contribution in [0.5, 0.6) is 0 Å². The van der Waals surface area contributed by atoms with Gasteiger partial charge in [-0.25, -0.2) is 0 Å². The molecule has 0 spiro atoms. The van der Waals surface area contributed by atoms with E-state index in [4.69, 9.17) is 24.4 Å². The number of aliphatic hydroxyl groups excluding tert-OH is 1. The lowest BCUT2D eigenvalue weighted by atomic mass is 10.1. The molecule has 0 saturated heterocycles. The van der Waals surface area contributed by atoms with Crippen LogP contribution < -0.4 is 10.6 Å². The number of carbonyl (C=O) groups is 4. The summed E-state index contributed by atoms with van der Waals surface area (Å²) in [5.41, 5.74) is -1.88. The first-order chi connectivity index (χ1) is 19.4. The fraction of sp³-hybridized carbons (Fsp3) is 0.778. The zero-order valence-corrected chi connectivity index (χ0v) is 29.6. The van der Waals surface area contributed by atoms with Gasteiger partial charge in [-0.2, -0.15) is 16.8 Å². The number of hydrogen-bond acceptors (Lipinski definition) is 9. The van der Waals surface area contributed by atoms with Crippen molar-refractivity contribution in [2.24, 2.45) is 11.8 Å². The minimum atomic E-state index is -4.07. The van der Waals surface area contributed by atoms with E-state index < -0.39 is 54.8 Å². The van der Waals surface area contributed by atoms with E-state index in [2.05, 4.69) is 17.2 Å². The van der Waals surface area contributed by atoms with Crippen molar-refractivity contribution in [3.05, 3.63) is 12.3 Å². The smallest absolute Gasteiger partial charge is 0.305 e. The van der Waals surface area contributed by atoms with Crippen molar-refractivity contribution in [1.82, 2.24) is 10.6 Å². The van der Waals surface area contributed by atoms with Gasteiger partial charge >= 0.3 is 11.9 Å². The Balaban J connectivity index is -0.000000154. The van der Waals surface area contributed by atoms with Gasteiger partial charge in [-0.1, -0.05) is 55.0 Å². The normalized spacial score (nSPS) is 11.1. The maximum atomic E-state index is 11.3. The van der Waals surface area contributed by atoms with E-state index >= 15 is 0 Å². The molecule has 0 aliphatic rings. The molecule has 0 aromatic carbocycles. The molecule has 0 aromatic rings. The Morgan fingerprint density at radius 2 is 1.02 bits per heavy atom. The van der Waals surface area contributed by atoms with Gasteiger partial charge in [0.25, 0.3) is 20.2 Å². The van der Waals surface area contributed by atoms with Gasteiger partial charge in [-0.3, -0.25) is 28.3 Å². The van der Waals surface area contributed by atoms with Gasteiger partial charge in [0.15, 0.2) is 0 Å². The van der Waals surface area contributed by atoms with Crippen molar-refractivity contribution in [2.75, 3.05) is 11.5 Å². The minimum Gasteiger partial charge on any atom is -0.513 e. The Morgan fingerprint density at radius 1 is 0.705 bits per heavy atom. The van der Waals surface area contributed by atoms with Crippen LogP contribution in [0.2, 0.25) is 0 Å². The summed E-state index contributed by atoms with van der Waals surface area (Å²) in [6.07, 6.45) is 2.23. The van der Waals surface area contributed by atoms with E-state index in [1.54, 1.807) is 55.4 Å². The monoisotopic (exact) mass is 680 g/mol. The summed E-state index contributed by atoms with van der Waals surface area (Å²) >= 11 is 0. The lowest BCUT2D eigenvalue weighted by Gasteiger charge is -2.25. The average molecular weight is 681 g/mol. The largest absolute Gasteiger partial charge is 0.513 e. The van der Waals surface area contributed by atoms with Crippen LogP contribution in [-0.2, 0) is 39.4 Å². The molecule has 0 bridgehead atoms. The molecule has 7 N–H and O–H groups in total. The molecule has 2 amide bonds. The predicted octanol–water partition coefficient (Wildman–Crippen LogP) is 3.67. The van der Waals surface area contributed by atoms with E-state index in [-0.39, 0.29) is 42.3 Å². The van der Waals surface area contributed by atoms with Crippen LogP contribution >= 0.6 is 0 Å². The highest BCUT2D eigenvalue weighted by Gasteiger charge is 2.27. The van der Waals surface area contributed by atoms with Crippen molar-refractivity contribution in [3.8, 4) is 0 Å². The van der Waals surface area contributed by atoms with E-state index in [1.807, 2.05) is 6.92 Å². The summed E-state index contributed by atoms with van der Waals surface area (Å²) < 4.78 is 59.4. The molecule has 15 nitrogen and oxygen atoms in total. The molecule has 0 aliphatic heterocycles. The maximum absolute atomic E-state index is 11.3. The molecule has 0 aromatic heterocycles. The SMILES string of the molecule is C=C(O)CCC.CC(C)C(=O)NC(C)(C)CS(=O)(=O)O.CC(C)C(=O)O.CCC(=O)NC(C)(C)CS(=O)(=O)O.CCC(=O)O. The molecule has 0 rings (SSSR count). The third-order valence-electron chi connectivity index (χ3n) is 4.21. The van der Waals surface area contributed by atoms with Crippen molar-refractivity contribution in [2.45, 2.75) is 113 Å². The molecular formula is C27H56N2O13S2. The summed E-state index contributed by atoms with van der Waals surface area (Å²) in [5, 5.41) is 29.1. The standard InChI is InChI=1S/C8H17NO4S.C7H15NO4S.C5H10O.C4H8O2.C3H6O2/c1-6(2)7(10)9-8(3,4)5-14(11,12)13;1-4-6(9)8-7(2,3)5-13(10,11)12;1-3-4-5(2)6;1-3(2)4(5)6;1-2-3(4)5/h6H,5H2,1-4H3,(H,9,10)(H,11,12,13);4-5H2,1-3H3,(H,8,9)(H,10,11,12);6H,2-4H2,1H3;3H,1-2H3,(H,5,6);2H2,1H3,(H,4,5). The van der Waals surface area contributed by atoms with E-state index in [0.29, 0.717) is 0 Å². The van der Waals surface area contributed by atoms with E-state index in [9.17, 15) is 36.0 Å². The number of amides is 2. The van der Waals surface area contributed by atoms with Crippen molar-refractivity contribution in [1.29, 1.82) is 0 Å². The van der Waals surface area contributed by atoms with Gasteiger partial charge < -0.3 is 26.0 Å². The molecule has 0 aliphatic carbocycles. The van der Waals surface area contributed by atoms with Crippen molar-refractivity contribution >= 4 is 44.0 Å². The van der Waals surface area contributed by atoms with Crippen LogP contribution in [0.3, 0.4) is 0 Å². The molecular weight excluding hydrogens is 624 g/mol. The summed E-state index contributed by atoms with van der Waals surface area (Å²) in [6, 6.07) is 0. The number of rotatable bonds is 12. The number of nitrogens with one attached hydrogen (secondary N) is 2. The van der Waals surface area contributed by atoms with Crippen LogP contribution in [0.15, 0.2) is 12.3 Å². The van der Waals surface area contributed by atoms with E-state index in [0.717, 1.165) is 12.8 Å². The third-order valence-corrected chi connectivity index (χ3v) is 6.38. The van der Waals surface area contributed by atoms with Gasteiger partial charge in [0.1, 0.15) is 0 Å². The van der Waals surface area contributed by atoms with Crippen molar-refractivity contribution in [3.63, 3.8) is 0 Å². The summed E-state index contributed by atoms with van der Waals surface area (Å²) in [4.78, 5) is 41.2.